The average Bonchev–Trinajstić information content (AvgIpc) is 3.26. The summed E-state index contributed by atoms with van der Waals surface area (Å²) in [6.07, 6.45) is 3.86. The number of halogens is 1. The van der Waals surface area contributed by atoms with E-state index in [-0.39, 0.29) is 12.5 Å². The van der Waals surface area contributed by atoms with Gasteiger partial charge in [-0.1, -0.05) is 23.7 Å². The van der Waals surface area contributed by atoms with E-state index in [2.05, 4.69) is 17.4 Å². The van der Waals surface area contributed by atoms with Crippen LogP contribution in [-0.4, -0.2) is 29.7 Å². The van der Waals surface area contributed by atoms with Crippen LogP contribution in [0.25, 0.3) is 11.3 Å². The summed E-state index contributed by atoms with van der Waals surface area (Å²) >= 11 is 9.20. The highest BCUT2D eigenvalue weighted by molar-refractivity contribution is 7.98. The van der Waals surface area contributed by atoms with Crippen LogP contribution in [0.5, 0.6) is 5.75 Å². The molecule has 0 fully saturated rings. The Hall–Kier alpha value is -3.33. The highest BCUT2D eigenvalue weighted by Crippen LogP contribution is 2.33. The third-order valence-corrected chi connectivity index (χ3v) is 6.89. The van der Waals surface area contributed by atoms with E-state index in [0.29, 0.717) is 21.3 Å². The Morgan fingerprint density at radius 3 is 2.68 bits per heavy atom. The lowest BCUT2D eigenvalue weighted by atomic mass is 10.1. The minimum absolute atomic E-state index is 0.0224. The molecule has 0 saturated carbocycles. The number of nitrogens with zero attached hydrogens (tertiary/aromatic N) is 3. The van der Waals surface area contributed by atoms with Crippen LogP contribution in [0.1, 0.15) is 5.56 Å². The molecule has 0 aliphatic carbocycles. The van der Waals surface area contributed by atoms with Crippen molar-refractivity contribution in [1.82, 2.24) is 4.68 Å². The molecule has 1 amide bonds. The average molecular weight is 507 g/mol. The first kappa shape index (κ1) is 22.5. The molecule has 0 bridgehead atoms. The van der Waals surface area contributed by atoms with E-state index in [1.807, 2.05) is 72.4 Å². The number of aromatic nitrogens is 1. The SMILES string of the molecule is CSc1ccc(C=Nn2c(-c3ccc4c(c3)NC(=O)CO4)csc2=Nc2ccc(Cl)cc2)cc1. The fraction of sp³-hybridized carbons (Fsp3) is 0.0800. The maximum Gasteiger partial charge on any atom is 0.262 e. The van der Waals surface area contributed by atoms with Crippen LogP contribution in [0, 0.1) is 0 Å². The summed E-state index contributed by atoms with van der Waals surface area (Å²) in [6.45, 7) is 0.0224. The lowest BCUT2D eigenvalue weighted by molar-refractivity contribution is -0.118. The minimum Gasteiger partial charge on any atom is -0.482 e. The Balaban J connectivity index is 1.59. The van der Waals surface area contributed by atoms with E-state index in [1.165, 1.54) is 16.2 Å². The van der Waals surface area contributed by atoms with Gasteiger partial charge < -0.3 is 10.1 Å². The van der Waals surface area contributed by atoms with Gasteiger partial charge in [0.15, 0.2) is 6.61 Å². The molecular weight excluding hydrogens is 488 g/mol. The minimum atomic E-state index is -0.173. The fourth-order valence-electron chi connectivity index (χ4n) is 3.37. The van der Waals surface area contributed by atoms with E-state index < -0.39 is 0 Å². The molecule has 1 aromatic heterocycles. The van der Waals surface area contributed by atoms with Crippen LogP contribution in [0.4, 0.5) is 11.4 Å². The number of anilines is 1. The Kier molecular flexibility index (Phi) is 6.53. The molecule has 4 aromatic rings. The molecule has 0 spiro atoms. The van der Waals surface area contributed by atoms with E-state index >= 15 is 0 Å². The molecule has 0 unspecified atom stereocenters. The van der Waals surface area contributed by atoms with Crippen molar-refractivity contribution in [2.45, 2.75) is 4.90 Å². The smallest absolute Gasteiger partial charge is 0.262 e. The lowest BCUT2D eigenvalue weighted by Gasteiger charge is -2.18. The van der Waals surface area contributed by atoms with E-state index in [1.54, 1.807) is 16.4 Å². The molecule has 1 N–H and O–H groups in total. The first-order valence-corrected chi connectivity index (χ1v) is 12.8. The van der Waals surface area contributed by atoms with Gasteiger partial charge in [0.25, 0.3) is 5.91 Å². The van der Waals surface area contributed by atoms with Crippen LogP contribution in [0.2, 0.25) is 5.02 Å². The van der Waals surface area contributed by atoms with Crippen molar-refractivity contribution < 1.29 is 9.53 Å². The van der Waals surface area contributed by atoms with Crippen molar-refractivity contribution in [3.63, 3.8) is 0 Å². The van der Waals surface area contributed by atoms with Crippen molar-refractivity contribution in [3.8, 4) is 17.0 Å². The summed E-state index contributed by atoms with van der Waals surface area (Å²) < 4.78 is 7.30. The first-order valence-electron chi connectivity index (χ1n) is 10.4. The van der Waals surface area contributed by atoms with E-state index in [9.17, 15) is 4.79 Å². The molecule has 1 aliphatic heterocycles. The van der Waals surface area contributed by atoms with Gasteiger partial charge in [0.1, 0.15) is 5.75 Å². The summed E-state index contributed by atoms with van der Waals surface area (Å²) in [4.78, 5) is 18.5. The van der Waals surface area contributed by atoms with Crippen molar-refractivity contribution in [1.29, 1.82) is 0 Å². The lowest BCUT2D eigenvalue weighted by Crippen LogP contribution is -2.25. The molecule has 170 valence electrons. The third-order valence-electron chi connectivity index (χ3n) is 5.08. The highest BCUT2D eigenvalue weighted by Gasteiger charge is 2.17. The van der Waals surface area contributed by atoms with Crippen LogP contribution in [0.15, 0.2) is 87.1 Å². The monoisotopic (exact) mass is 506 g/mol. The number of nitrogens with one attached hydrogen (secondary N) is 1. The van der Waals surface area contributed by atoms with Crippen molar-refractivity contribution >= 4 is 58.2 Å². The molecule has 0 saturated heterocycles. The number of ether oxygens (including phenoxy) is 1. The van der Waals surface area contributed by atoms with E-state index in [4.69, 9.17) is 26.4 Å². The van der Waals surface area contributed by atoms with Crippen molar-refractivity contribution in [3.05, 3.63) is 87.5 Å². The second-order valence-corrected chi connectivity index (χ2v) is 9.52. The van der Waals surface area contributed by atoms with E-state index in [0.717, 1.165) is 22.5 Å². The summed E-state index contributed by atoms with van der Waals surface area (Å²) in [5.41, 5.74) is 4.12. The highest BCUT2D eigenvalue weighted by atomic mass is 35.5. The molecule has 0 atom stereocenters. The molecule has 6 nitrogen and oxygen atoms in total. The van der Waals surface area contributed by atoms with Gasteiger partial charge in [-0.2, -0.15) is 5.10 Å². The number of hydrogen-bond acceptors (Lipinski definition) is 6. The van der Waals surface area contributed by atoms with Gasteiger partial charge in [0, 0.05) is 20.9 Å². The molecule has 34 heavy (non-hydrogen) atoms. The van der Waals surface area contributed by atoms with Gasteiger partial charge in [-0.05, 0) is 66.4 Å². The molecule has 1 aliphatic rings. The Bertz CT molecular complexity index is 1440. The zero-order valence-electron chi connectivity index (χ0n) is 18.1. The fourth-order valence-corrected chi connectivity index (χ4v) is 4.76. The summed E-state index contributed by atoms with van der Waals surface area (Å²) in [7, 11) is 0. The number of fused-ring (bicyclic) bond motifs is 1. The van der Waals surface area contributed by atoms with Gasteiger partial charge in [0.2, 0.25) is 4.80 Å². The van der Waals surface area contributed by atoms with Gasteiger partial charge in [-0.25, -0.2) is 9.67 Å². The second-order valence-electron chi connectivity index (χ2n) is 7.37. The quantitative estimate of drug-likeness (QED) is 0.265. The number of benzene rings is 3. The standard InChI is InChI=1S/C25H19ClN4O2S2/c1-33-20-9-2-16(3-10-20)13-27-30-22(15-34-25(30)28-19-7-5-18(26)6-8-19)17-4-11-23-21(12-17)29-24(31)14-32-23/h2-13,15H,14H2,1H3,(H,29,31). The largest absolute Gasteiger partial charge is 0.482 e. The molecule has 0 radical (unpaired) electrons. The molecule has 3 aromatic carbocycles. The van der Waals surface area contributed by atoms with Crippen LogP contribution < -0.4 is 14.9 Å². The van der Waals surface area contributed by atoms with Gasteiger partial charge in [-0.15, -0.1) is 23.1 Å². The maximum atomic E-state index is 11.8. The number of thioether (sulfide) groups is 1. The summed E-state index contributed by atoms with van der Waals surface area (Å²) in [5.74, 6) is 0.474. The predicted octanol–water partition coefficient (Wildman–Crippen LogP) is 6.04. The predicted molar refractivity (Wildman–Crippen MR) is 140 cm³/mol. The third kappa shape index (κ3) is 4.94. The zero-order valence-corrected chi connectivity index (χ0v) is 20.5. The van der Waals surface area contributed by atoms with Crippen molar-refractivity contribution in [2.75, 3.05) is 18.2 Å². The normalized spacial score (nSPS) is 13.6. The molecule has 2 heterocycles. The van der Waals surface area contributed by atoms with Gasteiger partial charge >= 0.3 is 0 Å². The maximum absolute atomic E-state index is 11.8. The first-order chi connectivity index (χ1) is 16.6. The summed E-state index contributed by atoms with van der Waals surface area (Å²) in [6, 6.07) is 21.2. The molecule has 9 heteroatoms. The number of thiazole rings is 1. The summed E-state index contributed by atoms with van der Waals surface area (Å²) in [5, 5.41) is 10.3. The Morgan fingerprint density at radius 1 is 1.12 bits per heavy atom. The topological polar surface area (TPSA) is 68.0 Å². The Labute approximate surface area is 209 Å². The van der Waals surface area contributed by atoms with Crippen LogP contribution in [-0.2, 0) is 4.79 Å². The van der Waals surface area contributed by atoms with Crippen molar-refractivity contribution in [2.24, 2.45) is 10.1 Å². The molecular formula is C25H19ClN4O2S2. The second kappa shape index (κ2) is 9.89. The number of hydrogen-bond donors (Lipinski definition) is 1. The van der Waals surface area contributed by atoms with Crippen LogP contribution in [0.3, 0.4) is 0 Å². The number of carbonyl (C=O) groups is 1. The number of carbonyl (C=O) groups excluding carboxylic acids is 1. The van der Waals surface area contributed by atoms with Gasteiger partial charge in [-0.3, -0.25) is 4.79 Å². The number of rotatable bonds is 5. The van der Waals surface area contributed by atoms with Crippen LogP contribution >= 0.6 is 34.7 Å². The number of amides is 1. The zero-order chi connectivity index (χ0) is 23.5. The molecule has 5 rings (SSSR count). The Morgan fingerprint density at radius 2 is 1.91 bits per heavy atom. The van der Waals surface area contributed by atoms with Gasteiger partial charge in [0.05, 0.1) is 23.3 Å².